The van der Waals surface area contributed by atoms with Crippen molar-refractivity contribution in [3.63, 3.8) is 0 Å². The summed E-state index contributed by atoms with van der Waals surface area (Å²) in [5.41, 5.74) is 0.0855. The highest BCUT2D eigenvalue weighted by Crippen LogP contribution is 2.37. The number of nitrogens with zero attached hydrogens (tertiary/aromatic N) is 2. The number of hydrogen-bond acceptors (Lipinski definition) is 12. The highest BCUT2D eigenvalue weighted by Gasteiger charge is 2.36. The van der Waals surface area contributed by atoms with Crippen LogP contribution in [-0.2, 0) is 19.7 Å². The van der Waals surface area contributed by atoms with E-state index in [0.29, 0.717) is 47.7 Å². The van der Waals surface area contributed by atoms with Crippen molar-refractivity contribution in [3.05, 3.63) is 81.2 Å². The fourth-order valence-corrected chi connectivity index (χ4v) is 6.02. The number of hydrogen-bond donors (Lipinski definition) is 1. The number of nitro groups is 1. The number of para-hydroxylation sites is 1. The Bertz CT molecular complexity index is 1790. The van der Waals surface area contributed by atoms with Crippen LogP contribution in [0.1, 0.15) is 5.56 Å². The molecular formula is C27H21N3O11S2. The molecule has 0 aliphatic carbocycles. The van der Waals surface area contributed by atoms with E-state index in [1.807, 2.05) is 0 Å². The molecular weight excluding hydrogens is 606 g/mol. The van der Waals surface area contributed by atoms with Crippen LogP contribution in [0.4, 0.5) is 16.2 Å². The average molecular weight is 628 g/mol. The van der Waals surface area contributed by atoms with E-state index < -0.39 is 49.2 Å². The molecule has 0 bridgehead atoms. The van der Waals surface area contributed by atoms with Gasteiger partial charge in [-0.15, -0.1) is 0 Å². The van der Waals surface area contributed by atoms with Crippen LogP contribution >= 0.6 is 11.8 Å². The van der Waals surface area contributed by atoms with Crippen molar-refractivity contribution in [1.82, 2.24) is 4.90 Å². The Kier molecular flexibility index (Phi) is 8.22. The van der Waals surface area contributed by atoms with Crippen LogP contribution in [0.25, 0.3) is 6.08 Å². The second-order valence-electron chi connectivity index (χ2n) is 8.85. The van der Waals surface area contributed by atoms with Crippen LogP contribution in [-0.4, -0.2) is 62.2 Å². The minimum atomic E-state index is -4.62. The quantitative estimate of drug-likeness (QED) is 0.157. The van der Waals surface area contributed by atoms with Crippen LogP contribution in [0.2, 0.25) is 0 Å². The van der Waals surface area contributed by atoms with Gasteiger partial charge < -0.3 is 23.7 Å². The number of ether oxygens (including phenoxy) is 3. The summed E-state index contributed by atoms with van der Waals surface area (Å²) in [6.07, 6.45) is 1.37. The number of thioether (sulfide) groups is 1. The maximum absolute atomic E-state index is 13.0. The molecule has 1 N–H and O–H groups in total. The molecule has 1 fully saturated rings. The third-order valence-corrected chi connectivity index (χ3v) is 8.21. The summed E-state index contributed by atoms with van der Waals surface area (Å²) in [5, 5.41) is 13.2. The molecule has 5 rings (SSSR count). The smallest absolute Gasteiger partial charge is 0.346 e. The van der Waals surface area contributed by atoms with Crippen molar-refractivity contribution in [2.75, 3.05) is 32.2 Å². The molecule has 3 aromatic carbocycles. The molecule has 2 aliphatic heterocycles. The third kappa shape index (κ3) is 6.39. The van der Waals surface area contributed by atoms with Gasteiger partial charge in [0.05, 0.1) is 16.9 Å². The van der Waals surface area contributed by atoms with Crippen molar-refractivity contribution >= 4 is 56.4 Å². The fraction of sp³-hybridized carbons (Fsp3) is 0.148. The van der Waals surface area contributed by atoms with E-state index >= 15 is 0 Å². The molecule has 0 saturated carbocycles. The molecule has 3 amide bonds. The lowest BCUT2D eigenvalue weighted by Gasteiger charge is -2.19. The molecule has 2 heterocycles. The van der Waals surface area contributed by atoms with Crippen LogP contribution in [0.3, 0.4) is 0 Å². The van der Waals surface area contributed by atoms with Gasteiger partial charge in [-0.3, -0.25) is 29.4 Å². The van der Waals surface area contributed by atoms with E-state index in [4.69, 9.17) is 18.4 Å². The van der Waals surface area contributed by atoms with Gasteiger partial charge in [-0.2, -0.15) is 8.42 Å². The average Bonchev–Trinajstić information content (AvgIpc) is 3.24. The number of amides is 3. The molecule has 222 valence electrons. The predicted molar refractivity (Wildman–Crippen MR) is 153 cm³/mol. The molecule has 0 spiro atoms. The molecule has 3 aromatic rings. The SMILES string of the molecule is COc1cc(/C=C2\SC(=O)N(CC(=O)Nc3ccc4c(c3)OCCO4)C2=O)ccc1OS(=O)(=O)c1ccccc1[N+](=O)[O-]. The summed E-state index contributed by atoms with van der Waals surface area (Å²) in [4.78, 5) is 48.7. The Morgan fingerprint density at radius 1 is 1.07 bits per heavy atom. The van der Waals surface area contributed by atoms with Gasteiger partial charge >= 0.3 is 10.1 Å². The number of carbonyl (C=O) groups excluding carboxylic acids is 3. The molecule has 14 nitrogen and oxygen atoms in total. The zero-order valence-electron chi connectivity index (χ0n) is 22.2. The summed E-state index contributed by atoms with van der Waals surface area (Å²) in [7, 11) is -3.37. The largest absolute Gasteiger partial charge is 0.493 e. The van der Waals surface area contributed by atoms with Gasteiger partial charge in [-0.05, 0) is 53.7 Å². The Morgan fingerprint density at radius 2 is 1.81 bits per heavy atom. The third-order valence-electron chi connectivity index (χ3n) is 6.02. The van der Waals surface area contributed by atoms with Crippen molar-refractivity contribution in [2.45, 2.75) is 4.90 Å². The van der Waals surface area contributed by atoms with E-state index in [-0.39, 0.29) is 16.4 Å². The summed E-state index contributed by atoms with van der Waals surface area (Å²) in [5.74, 6) is -0.633. The molecule has 0 radical (unpaired) electrons. The van der Waals surface area contributed by atoms with Gasteiger partial charge in [0.2, 0.25) is 5.91 Å². The summed E-state index contributed by atoms with van der Waals surface area (Å²) < 4.78 is 46.9. The highest BCUT2D eigenvalue weighted by molar-refractivity contribution is 8.18. The van der Waals surface area contributed by atoms with Crippen molar-refractivity contribution < 1.29 is 46.1 Å². The topological polar surface area (TPSA) is 181 Å². The van der Waals surface area contributed by atoms with Crippen LogP contribution < -0.4 is 23.7 Å². The molecule has 0 aromatic heterocycles. The summed E-state index contributed by atoms with van der Waals surface area (Å²) in [6.45, 7) is 0.252. The number of anilines is 1. The maximum atomic E-state index is 13.0. The van der Waals surface area contributed by atoms with Crippen molar-refractivity contribution in [3.8, 4) is 23.0 Å². The van der Waals surface area contributed by atoms with Crippen LogP contribution in [0.5, 0.6) is 23.0 Å². The van der Waals surface area contributed by atoms with E-state index in [2.05, 4.69) is 5.32 Å². The van der Waals surface area contributed by atoms with E-state index in [1.165, 1.54) is 43.5 Å². The first-order chi connectivity index (χ1) is 20.6. The number of benzene rings is 3. The lowest BCUT2D eigenvalue weighted by atomic mass is 10.2. The molecule has 16 heteroatoms. The van der Waals surface area contributed by atoms with Gasteiger partial charge in [0.25, 0.3) is 16.8 Å². The number of carbonyl (C=O) groups is 3. The molecule has 0 atom stereocenters. The number of methoxy groups -OCH3 is 1. The number of imide groups is 1. The van der Waals surface area contributed by atoms with Gasteiger partial charge in [0.15, 0.2) is 27.9 Å². The second-order valence-corrected chi connectivity index (χ2v) is 11.4. The lowest BCUT2D eigenvalue weighted by molar-refractivity contribution is -0.387. The van der Waals surface area contributed by atoms with Gasteiger partial charge in [0.1, 0.15) is 19.8 Å². The number of fused-ring (bicyclic) bond motifs is 1. The van der Waals surface area contributed by atoms with Crippen molar-refractivity contribution in [1.29, 1.82) is 0 Å². The van der Waals surface area contributed by atoms with E-state index in [9.17, 15) is 32.9 Å². The Hall–Kier alpha value is -5.09. The van der Waals surface area contributed by atoms with Crippen LogP contribution in [0, 0.1) is 10.1 Å². The first-order valence-corrected chi connectivity index (χ1v) is 14.6. The van der Waals surface area contributed by atoms with E-state index in [1.54, 1.807) is 18.2 Å². The number of rotatable bonds is 9. The summed E-state index contributed by atoms with van der Waals surface area (Å²) >= 11 is 0.623. The van der Waals surface area contributed by atoms with Gasteiger partial charge in [-0.1, -0.05) is 18.2 Å². The first-order valence-electron chi connectivity index (χ1n) is 12.4. The minimum Gasteiger partial charge on any atom is -0.493 e. The highest BCUT2D eigenvalue weighted by atomic mass is 32.2. The second kappa shape index (κ2) is 12.0. The standard InChI is InChI=1S/C27H21N3O11S2/c1-38-21-12-16(6-8-20(21)41-43(36,37)24-5-3-2-4-18(24)30(34)35)13-23-26(32)29(27(33)42-23)15-25(31)28-17-7-9-19-22(14-17)40-11-10-39-19/h2-9,12-14H,10-11,15H2,1H3,(H,28,31)/b23-13-. The molecule has 1 saturated heterocycles. The monoisotopic (exact) mass is 627 g/mol. The van der Waals surface area contributed by atoms with Crippen LogP contribution in [0.15, 0.2) is 70.5 Å². The normalized spacial score (nSPS) is 15.4. The number of nitrogens with one attached hydrogen (secondary N) is 1. The maximum Gasteiger partial charge on any atom is 0.346 e. The minimum absolute atomic E-state index is 0.0142. The lowest BCUT2D eigenvalue weighted by Crippen LogP contribution is -2.36. The van der Waals surface area contributed by atoms with E-state index in [0.717, 1.165) is 17.0 Å². The van der Waals surface area contributed by atoms with Gasteiger partial charge in [-0.25, -0.2) is 0 Å². The Labute approximate surface area is 248 Å². The zero-order valence-corrected chi connectivity index (χ0v) is 23.8. The zero-order chi connectivity index (χ0) is 30.7. The molecule has 2 aliphatic rings. The van der Waals surface area contributed by atoms with Crippen molar-refractivity contribution in [2.24, 2.45) is 0 Å². The predicted octanol–water partition coefficient (Wildman–Crippen LogP) is 3.82. The summed E-state index contributed by atoms with van der Waals surface area (Å²) in [6, 6.07) is 13.5. The molecule has 43 heavy (non-hydrogen) atoms. The fourth-order valence-electron chi connectivity index (χ4n) is 4.08. The first kappa shape index (κ1) is 29.4. The van der Waals surface area contributed by atoms with Gasteiger partial charge in [0, 0.05) is 17.8 Å². The Balaban J connectivity index is 1.29. The number of nitro benzene ring substituents is 1. The molecule has 0 unspecified atom stereocenters. The Morgan fingerprint density at radius 3 is 2.56 bits per heavy atom.